The molecule has 4 nitrogen and oxygen atoms in total. The quantitative estimate of drug-likeness (QED) is 0.546. The molecule has 0 bridgehead atoms. The smallest absolute Gasteiger partial charge is 0.257 e. The van der Waals surface area contributed by atoms with E-state index >= 15 is 0 Å². The molecule has 0 saturated heterocycles. The first-order valence-corrected chi connectivity index (χ1v) is 7.95. The minimum atomic E-state index is -2.20. The highest BCUT2D eigenvalue weighted by Crippen LogP contribution is 2.26. The Balaban J connectivity index is 1.75. The molecule has 6 heteroatoms. The molecule has 0 N–H and O–H groups in total. The van der Waals surface area contributed by atoms with Gasteiger partial charge < -0.3 is 8.97 Å². The summed E-state index contributed by atoms with van der Waals surface area (Å²) in [5, 5.41) is 0.583. The third kappa shape index (κ3) is 2.92. The summed E-state index contributed by atoms with van der Waals surface area (Å²) >= 11 is -0.757. The number of thioether (sulfide) groups is 1. The molecule has 0 fully saturated rings. The topological polar surface area (TPSA) is 66.2 Å². The van der Waals surface area contributed by atoms with E-state index in [1.807, 2.05) is 30.3 Å². The largest absolute Gasteiger partial charge is 0.768 e. The molecule has 0 aliphatic rings. The van der Waals surface area contributed by atoms with E-state index in [0.29, 0.717) is 15.9 Å². The van der Waals surface area contributed by atoms with Crippen molar-refractivity contribution in [2.45, 2.75) is 15.9 Å². The van der Waals surface area contributed by atoms with E-state index < -0.39 is 11.1 Å². The Morgan fingerprint density at radius 2 is 2.05 bits per heavy atom. The van der Waals surface area contributed by atoms with Crippen LogP contribution in [0.1, 0.15) is 5.56 Å². The predicted octanol–water partition coefficient (Wildman–Crippen LogP) is 3.36. The molecule has 0 aliphatic heterocycles. The van der Waals surface area contributed by atoms with Gasteiger partial charge in [-0.15, -0.1) is 0 Å². The highest BCUT2D eigenvalue weighted by molar-refractivity contribution is 7.98. The van der Waals surface area contributed by atoms with Gasteiger partial charge in [0, 0.05) is 10.6 Å². The molecule has 0 saturated carbocycles. The number of benzene rings is 2. The van der Waals surface area contributed by atoms with Crippen LogP contribution in [0, 0.1) is 0 Å². The Bertz CT molecular complexity index is 737. The van der Waals surface area contributed by atoms with Gasteiger partial charge in [-0.25, -0.2) is 4.98 Å². The zero-order valence-electron chi connectivity index (χ0n) is 10.3. The average molecular weight is 304 g/mol. The molecule has 2 aromatic carbocycles. The van der Waals surface area contributed by atoms with Gasteiger partial charge in [0.15, 0.2) is 5.58 Å². The Labute approximate surface area is 122 Å². The number of oxazole rings is 1. The van der Waals surface area contributed by atoms with E-state index in [2.05, 4.69) is 4.98 Å². The van der Waals surface area contributed by atoms with Crippen molar-refractivity contribution in [1.82, 2.24) is 4.98 Å². The fourth-order valence-corrected chi connectivity index (χ4v) is 3.02. The van der Waals surface area contributed by atoms with Crippen LogP contribution in [0.5, 0.6) is 0 Å². The zero-order chi connectivity index (χ0) is 13.9. The molecule has 1 heterocycles. The van der Waals surface area contributed by atoms with E-state index in [1.165, 1.54) is 11.8 Å². The molecule has 0 radical (unpaired) electrons. The molecule has 0 aliphatic carbocycles. The summed E-state index contributed by atoms with van der Waals surface area (Å²) in [4.78, 5) is 4.65. The molecule has 102 valence electrons. The van der Waals surface area contributed by atoms with Gasteiger partial charge in [0.1, 0.15) is 5.52 Å². The zero-order valence-corrected chi connectivity index (χ0v) is 11.9. The maximum Gasteiger partial charge on any atom is 0.257 e. The number of aromatic nitrogens is 1. The number of fused-ring (bicyclic) bond motifs is 1. The Morgan fingerprint density at radius 1 is 1.20 bits per heavy atom. The van der Waals surface area contributed by atoms with E-state index in [1.54, 1.807) is 18.2 Å². The monoisotopic (exact) mass is 304 g/mol. The molecule has 1 unspecified atom stereocenters. The van der Waals surface area contributed by atoms with Crippen LogP contribution in [0.25, 0.3) is 11.1 Å². The summed E-state index contributed by atoms with van der Waals surface area (Å²) in [5.41, 5.74) is 2.49. The van der Waals surface area contributed by atoms with E-state index in [-0.39, 0.29) is 0 Å². The number of hydrogen-bond donors (Lipinski definition) is 0. The van der Waals surface area contributed by atoms with Crippen LogP contribution in [0.3, 0.4) is 0 Å². The minimum Gasteiger partial charge on any atom is -0.768 e. The van der Waals surface area contributed by atoms with Crippen molar-refractivity contribution < 1.29 is 13.2 Å². The van der Waals surface area contributed by atoms with Crippen LogP contribution in [0.2, 0.25) is 0 Å². The minimum absolute atomic E-state index is 0.292. The van der Waals surface area contributed by atoms with Crippen LogP contribution in [-0.2, 0) is 16.8 Å². The lowest BCUT2D eigenvalue weighted by Gasteiger charge is -2.06. The van der Waals surface area contributed by atoms with Crippen LogP contribution in [-0.4, -0.2) is 13.7 Å². The molecule has 1 atom stereocenters. The van der Waals surface area contributed by atoms with Crippen molar-refractivity contribution in [2.24, 2.45) is 0 Å². The normalized spacial score (nSPS) is 12.7. The SMILES string of the molecule is O=S([O-])c1cccc(CSc2nc3ccccc3o2)c1. The van der Waals surface area contributed by atoms with Crippen LogP contribution >= 0.6 is 11.8 Å². The van der Waals surface area contributed by atoms with Crippen LogP contribution < -0.4 is 0 Å². The molecule has 1 aromatic heterocycles. The van der Waals surface area contributed by atoms with Gasteiger partial charge in [-0.05, 0) is 40.9 Å². The van der Waals surface area contributed by atoms with Crippen molar-refractivity contribution in [3.05, 3.63) is 54.1 Å². The first-order valence-electron chi connectivity index (χ1n) is 5.89. The fraction of sp³-hybridized carbons (Fsp3) is 0.0714. The van der Waals surface area contributed by atoms with Crippen molar-refractivity contribution in [2.75, 3.05) is 0 Å². The van der Waals surface area contributed by atoms with Gasteiger partial charge in [-0.1, -0.05) is 36.0 Å². The van der Waals surface area contributed by atoms with Crippen LogP contribution in [0.4, 0.5) is 0 Å². The highest BCUT2D eigenvalue weighted by Gasteiger charge is 2.06. The lowest BCUT2D eigenvalue weighted by molar-refractivity contribution is 0.489. The summed E-state index contributed by atoms with van der Waals surface area (Å²) in [7, 11) is 0. The maximum absolute atomic E-state index is 10.9. The number of rotatable bonds is 4. The number of hydrogen-bond acceptors (Lipinski definition) is 5. The Hall–Kier alpha value is -1.63. The third-order valence-corrected chi connectivity index (χ3v) is 4.27. The van der Waals surface area contributed by atoms with Crippen molar-refractivity contribution in [1.29, 1.82) is 0 Å². The second-order valence-electron chi connectivity index (χ2n) is 4.12. The van der Waals surface area contributed by atoms with E-state index in [9.17, 15) is 8.76 Å². The highest BCUT2D eigenvalue weighted by atomic mass is 32.2. The van der Waals surface area contributed by atoms with Gasteiger partial charge >= 0.3 is 0 Å². The third-order valence-electron chi connectivity index (χ3n) is 2.73. The number of nitrogens with zero attached hydrogens (tertiary/aromatic N) is 1. The molecular weight excluding hydrogens is 294 g/mol. The second kappa shape index (κ2) is 5.78. The summed E-state index contributed by atoms with van der Waals surface area (Å²) in [5.74, 6) is 0.609. The summed E-state index contributed by atoms with van der Waals surface area (Å²) < 4.78 is 27.4. The lowest BCUT2D eigenvalue weighted by Crippen LogP contribution is -1.90. The maximum atomic E-state index is 10.9. The standard InChI is InChI=1S/C14H11NO3S2/c16-20(17)11-5-3-4-10(8-11)9-19-14-15-12-6-1-2-7-13(12)18-14/h1-8H,9H2,(H,16,17)/p-1. The average Bonchev–Trinajstić information content (AvgIpc) is 2.88. The van der Waals surface area contributed by atoms with Gasteiger partial charge in [0.05, 0.1) is 0 Å². The lowest BCUT2D eigenvalue weighted by atomic mass is 10.2. The second-order valence-corrected chi connectivity index (χ2v) is 5.99. The van der Waals surface area contributed by atoms with Gasteiger partial charge in [-0.3, -0.25) is 4.21 Å². The first-order chi connectivity index (χ1) is 9.72. The molecule has 20 heavy (non-hydrogen) atoms. The predicted molar refractivity (Wildman–Crippen MR) is 77.2 cm³/mol. The van der Waals surface area contributed by atoms with Gasteiger partial charge in [0.25, 0.3) is 5.22 Å². The fourth-order valence-electron chi connectivity index (χ4n) is 1.80. The van der Waals surface area contributed by atoms with Crippen molar-refractivity contribution >= 4 is 33.9 Å². The molecular formula is C14H10NO3S2-. The van der Waals surface area contributed by atoms with Crippen molar-refractivity contribution in [3.8, 4) is 0 Å². The number of para-hydroxylation sites is 2. The molecule has 3 aromatic rings. The summed E-state index contributed by atoms with van der Waals surface area (Å²) in [6.45, 7) is 0. The molecule has 0 spiro atoms. The molecule has 0 amide bonds. The Kier molecular flexibility index (Phi) is 3.86. The van der Waals surface area contributed by atoms with Gasteiger partial charge in [0.2, 0.25) is 0 Å². The molecule has 3 rings (SSSR count). The van der Waals surface area contributed by atoms with Crippen molar-refractivity contribution in [3.63, 3.8) is 0 Å². The Morgan fingerprint density at radius 3 is 2.85 bits per heavy atom. The summed E-state index contributed by atoms with van der Waals surface area (Å²) in [6, 6.07) is 14.4. The van der Waals surface area contributed by atoms with E-state index in [0.717, 1.165) is 16.7 Å². The van der Waals surface area contributed by atoms with E-state index in [4.69, 9.17) is 4.42 Å². The summed E-state index contributed by atoms with van der Waals surface area (Å²) in [6.07, 6.45) is 0. The van der Waals surface area contributed by atoms with Gasteiger partial charge in [-0.2, -0.15) is 0 Å². The first kappa shape index (κ1) is 13.4. The van der Waals surface area contributed by atoms with Crippen LogP contribution in [0.15, 0.2) is 63.1 Å².